The molecule has 0 radical (unpaired) electrons. The molecule has 0 N–H and O–H groups in total. The number of rotatable bonds is 6. The fourth-order valence-corrected chi connectivity index (χ4v) is 5.48. The maximum absolute atomic E-state index is 12.9. The van der Waals surface area contributed by atoms with Crippen molar-refractivity contribution >= 4 is 32.8 Å². The molecular formula is C26H27NO4S. The third-order valence-corrected chi connectivity index (χ3v) is 7.66. The zero-order valence-electron chi connectivity index (χ0n) is 17.9. The van der Waals surface area contributed by atoms with Crippen LogP contribution in [0.2, 0.25) is 0 Å². The number of esters is 1. The van der Waals surface area contributed by atoms with Crippen LogP contribution in [0.15, 0.2) is 77.7 Å². The number of benzene rings is 3. The molecule has 1 aliphatic rings. The van der Waals surface area contributed by atoms with Crippen LogP contribution in [-0.4, -0.2) is 31.8 Å². The lowest BCUT2D eigenvalue weighted by atomic mass is 10.1. The Morgan fingerprint density at radius 2 is 1.56 bits per heavy atom. The van der Waals surface area contributed by atoms with Gasteiger partial charge in [-0.1, -0.05) is 67.4 Å². The Bertz CT molecular complexity index is 1200. The Morgan fingerprint density at radius 3 is 2.31 bits per heavy atom. The summed E-state index contributed by atoms with van der Waals surface area (Å²) in [6.45, 7) is 1.34. The van der Waals surface area contributed by atoms with Crippen molar-refractivity contribution in [2.45, 2.75) is 37.2 Å². The van der Waals surface area contributed by atoms with Crippen molar-refractivity contribution in [3.05, 3.63) is 83.9 Å². The standard InChI is InChI=1S/C26H27NO4S/c28-26(31-20-23-10-7-9-22-8-3-4-11-25(22)23)17-14-21-12-15-24(16-13-21)32(29,30)27-18-5-1-2-6-19-27/h3-4,7-17H,1-2,5-6,18-20H2. The van der Waals surface area contributed by atoms with Crippen LogP contribution < -0.4 is 0 Å². The van der Waals surface area contributed by atoms with Crippen LogP contribution in [0.4, 0.5) is 0 Å². The molecule has 1 aliphatic heterocycles. The number of carbonyl (C=O) groups excluding carboxylic acids is 1. The van der Waals surface area contributed by atoms with Crippen LogP contribution in [-0.2, 0) is 26.2 Å². The van der Waals surface area contributed by atoms with Crippen LogP contribution in [0, 0.1) is 0 Å². The van der Waals surface area contributed by atoms with Gasteiger partial charge < -0.3 is 4.74 Å². The molecule has 0 amide bonds. The third kappa shape index (κ3) is 5.26. The molecule has 1 fully saturated rings. The summed E-state index contributed by atoms with van der Waals surface area (Å²) >= 11 is 0. The van der Waals surface area contributed by atoms with Gasteiger partial charge in [0.2, 0.25) is 10.0 Å². The van der Waals surface area contributed by atoms with Crippen molar-refractivity contribution in [2.75, 3.05) is 13.1 Å². The van der Waals surface area contributed by atoms with Gasteiger partial charge >= 0.3 is 5.97 Å². The highest BCUT2D eigenvalue weighted by atomic mass is 32.2. The zero-order chi connectivity index (χ0) is 22.4. The summed E-state index contributed by atoms with van der Waals surface area (Å²) in [5.41, 5.74) is 1.69. The molecule has 0 unspecified atom stereocenters. The lowest BCUT2D eigenvalue weighted by Gasteiger charge is -2.19. The Labute approximate surface area is 189 Å². The fourth-order valence-electron chi connectivity index (χ4n) is 3.96. The molecule has 3 aromatic carbocycles. The smallest absolute Gasteiger partial charge is 0.331 e. The summed E-state index contributed by atoms with van der Waals surface area (Å²) in [6.07, 6.45) is 6.96. The molecule has 32 heavy (non-hydrogen) atoms. The molecule has 1 saturated heterocycles. The van der Waals surface area contributed by atoms with Crippen molar-refractivity contribution in [2.24, 2.45) is 0 Å². The highest BCUT2D eigenvalue weighted by Crippen LogP contribution is 2.21. The van der Waals surface area contributed by atoms with Gasteiger partial charge in [0.1, 0.15) is 6.61 Å². The molecule has 0 bridgehead atoms. The molecule has 0 aliphatic carbocycles. The third-order valence-electron chi connectivity index (χ3n) is 5.74. The summed E-state index contributed by atoms with van der Waals surface area (Å²) in [7, 11) is -3.47. The average molecular weight is 450 g/mol. The van der Waals surface area contributed by atoms with E-state index in [0.717, 1.165) is 47.6 Å². The lowest BCUT2D eigenvalue weighted by molar-refractivity contribution is -0.138. The highest BCUT2D eigenvalue weighted by molar-refractivity contribution is 7.89. The Morgan fingerprint density at radius 1 is 0.875 bits per heavy atom. The second kappa shape index (κ2) is 10.1. The number of ether oxygens (including phenoxy) is 1. The lowest BCUT2D eigenvalue weighted by Crippen LogP contribution is -2.31. The monoisotopic (exact) mass is 449 g/mol. The predicted molar refractivity (Wildman–Crippen MR) is 126 cm³/mol. The molecule has 1 heterocycles. The van der Waals surface area contributed by atoms with Gasteiger partial charge in [-0.05, 0) is 52.9 Å². The van der Waals surface area contributed by atoms with Crippen molar-refractivity contribution in [1.29, 1.82) is 0 Å². The summed E-state index contributed by atoms with van der Waals surface area (Å²) in [5.74, 6) is -0.445. The van der Waals surface area contributed by atoms with Crippen LogP contribution in [0.1, 0.15) is 36.8 Å². The molecule has 5 nitrogen and oxygen atoms in total. The summed E-state index contributed by atoms with van der Waals surface area (Å²) in [6, 6.07) is 20.5. The molecule has 0 atom stereocenters. The zero-order valence-corrected chi connectivity index (χ0v) is 18.8. The Balaban J connectivity index is 1.37. The van der Waals surface area contributed by atoms with E-state index in [1.165, 1.54) is 6.08 Å². The highest BCUT2D eigenvalue weighted by Gasteiger charge is 2.24. The van der Waals surface area contributed by atoms with Gasteiger partial charge in [-0.25, -0.2) is 13.2 Å². The minimum Gasteiger partial charge on any atom is -0.458 e. The van der Waals surface area contributed by atoms with Gasteiger partial charge in [0, 0.05) is 19.2 Å². The van der Waals surface area contributed by atoms with E-state index in [4.69, 9.17) is 4.74 Å². The molecule has 0 saturated carbocycles. The molecule has 0 spiro atoms. The van der Waals surface area contributed by atoms with Gasteiger partial charge in [-0.15, -0.1) is 0 Å². The van der Waals surface area contributed by atoms with E-state index >= 15 is 0 Å². The van der Waals surface area contributed by atoms with E-state index in [2.05, 4.69) is 0 Å². The summed E-state index contributed by atoms with van der Waals surface area (Å²) in [4.78, 5) is 12.5. The Kier molecular flexibility index (Phi) is 7.02. The topological polar surface area (TPSA) is 63.7 Å². The van der Waals surface area contributed by atoms with Gasteiger partial charge in [-0.2, -0.15) is 4.31 Å². The molecular weight excluding hydrogens is 422 g/mol. The van der Waals surface area contributed by atoms with Crippen LogP contribution >= 0.6 is 0 Å². The van der Waals surface area contributed by atoms with Gasteiger partial charge in [0.25, 0.3) is 0 Å². The first-order valence-corrected chi connectivity index (χ1v) is 12.4. The van der Waals surface area contributed by atoms with Crippen molar-refractivity contribution in [3.63, 3.8) is 0 Å². The Hall–Kier alpha value is -2.96. The maximum atomic E-state index is 12.9. The minimum absolute atomic E-state index is 0.192. The normalized spacial score (nSPS) is 15.6. The van der Waals surface area contributed by atoms with Crippen LogP contribution in [0.5, 0.6) is 0 Å². The van der Waals surface area contributed by atoms with Crippen LogP contribution in [0.3, 0.4) is 0 Å². The number of carbonyl (C=O) groups is 1. The molecule has 0 aromatic heterocycles. The number of hydrogen-bond donors (Lipinski definition) is 0. The number of fused-ring (bicyclic) bond motifs is 1. The van der Waals surface area contributed by atoms with Gasteiger partial charge in [0.05, 0.1) is 4.90 Å². The summed E-state index contributed by atoms with van der Waals surface area (Å²) in [5, 5.41) is 2.17. The SMILES string of the molecule is O=C(C=Cc1ccc(S(=O)(=O)N2CCCCCC2)cc1)OCc1cccc2ccccc12. The van der Waals surface area contributed by atoms with E-state index in [-0.39, 0.29) is 11.5 Å². The molecule has 4 rings (SSSR count). The summed E-state index contributed by atoms with van der Waals surface area (Å²) < 4.78 is 32.7. The molecule has 6 heteroatoms. The average Bonchev–Trinajstić information content (AvgIpc) is 3.12. The van der Waals surface area contributed by atoms with E-state index < -0.39 is 16.0 Å². The van der Waals surface area contributed by atoms with Crippen LogP contribution in [0.25, 0.3) is 16.8 Å². The van der Waals surface area contributed by atoms with Crippen molar-refractivity contribution in [1.82, 2.24) is 4.31 Å². The molecule has 166 valence electrons. The first kappa shape index (κ1) is 22.2. The van der Waals surface area contributed by atoms with Gasteiger partial charge in [0.15, 0.2) is 0 Å². The predicted octanol–water partition coefficient (Wildman–Crippen LogP) is 5.16. The van der Waals surface area contributed by atoms with Gasteiger partial charge in [-0.3, -0.25) is 0 Å². The first-order chi connectivity index (χ1) is 15.5. The minimum atomic E-state index is -3.47. The van der Waals surface area contributed by atoms with Crippen molar-refractivity contribution in [3.8, 4) is 0 Å². The second-order valence-electron chi connectivity index (χ2n) is 7.97. The van der Waals surface area contributed by atoms with Crippen molar-refractivity contribution < 1.29 is 17.9 Å². The quantitative estimate of drug-likeness (QED) is 0.385. The number of sulfonamides is 1. The second-order valence-corrected chi connectivity index (χ2v) is 9.90. The van der Waals surface area contributed by atoms with E-state index in [1.807, 2.05) is 42.5 Å². The fraction of sp³-hybridized carbons (Fsp3) is 0.269. The molecule has 3 aromatic rings. The van der Waals surface area contributed by atoms with E-state index in [1.54, 1.807) is 34.6 Å². The van der Waals surface area contributed by atoms with E-state index in [0.29, 0.717) is 13.1 Å². The maximum Gasteiger partial charge on any atom is 0.331 e. The largest absolute Gasteiger partial charge is 0.458 e. The number of hydrogen-bond acceptors (Lipinski definition) is 4. The van der Waals surface area contributed by atoms with E-state index in [9.17, 15) is 13.2 Å². The number of nitrogens with zero attached hydrogens (tertiary/aromatic N) is 1. The first-order valence-electron chi connectivity index (χ1n) is 11.0.